The van der Waals surface area contributed by atoms with E-state index in [-0.39, 0.29) is 11.4 Å². The van der Waals surface area contributed by atoms with Crippen molar-refractivity contribution in [2.45, 2.75) is 19.4 Å². The number of ether oxygens (including phenoxy) is 2. The second kappa shape index (κ2) is 10.3. The van der Waals surface area contributed by atoms with Crippen molar-refractivity contribution in [3.63, 3.8) is 0 Å². The zero-order valence-corrected chi connectivity index (χ0v) is 19.0. The van der Waals surface area contributed by atoms with Crippen LogP contribution in [0.1, 0.15) is 34.6 Å². The van der Waals surface area contributed by atoms with Crippen LogP contribution in [0.5, 0.6) is 5.75 Å². The van der Waals surface area contributed by atoms with Gasteiger partial charge in [0.2, 0.25) is 5.78 Å². The second-order valence-electron chi connectivity index (χ2n) is 7.84. The summed E-state index contributed by atoms with van der Waals surface area (Å²) >= 11 is 1.30. The molecule has 0 spiro atoms. The number of nitrogens with zero attached hydrogens (tertiary/aromatic N) is 2. The number of carbonyl (C=O) groups is 2. The van der Waals surface area contributed by atoms with Gasteiger partial charge in [0.15, 0.2) is 5.76 Å². The fourth-order valence-corrected chi connectivity index (χ4v) is 4.75. The number of Topliss-reactive ketones (excluding diaryl/α,β-unsaturated/α-hetero) is 1. The molecule has 1 amide bonds. The SMILES string of the molecule is CCCOc1cccc([C@H]2C(C(=O)c3cccs3)=C(O)C(=O)N2CCN2CCOCC2)c1. The van der Waals surface area contributed by atoms with Crippen molar-refractivity contribution in [3.8, 4) is 5.75 Å². The summed E-state index contributed by atoms with van der Waals surface area (Å²) in [6, 6.07) is 10.3. The minimum atomic E-state index is -0.664. The number of benzene rings is 1. The Morgan fingerprint density at radius 3 is 2.75 bits per heavy atom. The van der Waals surface area contributed by atoms with Crippen molar-refractivity contribution < 1.29 is 24.2 Å². The molecule has 2 aliphatic rings. The largest absolute Gasteiger partial charge is 0.503 e. The lowest BCUT2D eigenvalue weighted by Gasteiger charge is -2.31. The van der Waals surface area contributed by atoms with Gasteiger partial charge in [-0.05, 0) is 35.6 Å². The van der Waals surface area contributed by atoms with E-state index in [4.69, 9.17) is 9.47 Å². The number of hydrogen-bond donors (Lipinski definition) is 1. The van der Waals surface area contributed by atoms with E-state index in [1.54, 1.807) is 17.0 Å². The number of rotatable bonds is 9. The van der Waals surface area contributed by atoms with Crippen LogP contribution in [0.4, 0.5) is 0 Å². The summed E-state index contributed by atoms with van der Waals surface area (Å²) in [7, 11) is 0. The Morgan fingerprint density at radius 2 is 2.03 bits per heavy atom. The van der Waals surface area contributed by atoms with Gasteiger partial charge in [-0.1, -0.05) is 25.1 Å². The highest BCUT2D eigenvalue weighted by atomic mass is 32.1. The molecule has 170 valence electrons. The lowest BCUT2D eigenvalue weighted by atomic mass is 9.95. The second-order valence-corrected chi connectivity index (χ2v) is 8.79. The third-order valence-electron chi connectivity index (χ3n) is 5.70. The van der Waals surface area contributed by atoms with Gasteiger partial charge >= 0.3 is 0 Å². The number of thiophene rings is 1. The highest BCUT2D eigenvalue weighted by Crippen LogP contribution is 2.40. The van der Waals surface area contributed by atoms with Gasteiger partial charge in [-0.15, -0.1) is 11.3 Å². The molecule has 7 nitrogen and oxygen atoms in total. The molecular formula is C24H28N2O5S. The van der Waals surface area contributed by atoms with Gasteiger partial charge in [0.05, 0.1) is 36.3 Å². The summed E-state index contributed by atoms with van der Waals surface area (Å²) in [6.45, 7) is 6.59. The smallest absolute Gasteiger partial charge is 0.290 e. The predicted molar refractivity (Wildman–Crippen MR) is 122 cm³/mol. The first-order chi connectivity index (χ1) is 15.6. The summed E-state index contributed by atoms with van der Waals surface area (Å²) in [5.41, 5.74) is 0.880. The van der Waals surface area contributed by atoms with Crippen LogP contribution in [-0.4, -0.2) is 72.6 Å². The third-order valence-corrected chi connectivity index (χ3v) is 6.57. The summed E-state index contributed by atoms with van der Waals surface area (Å²) in [4.78, 5) is 30.7. The molecule has 0 radical (unpaired) electrons. The minimum Gasteiger partial charge on any atom is -0.503 e. The van der Waals surface area contributed by atoms with Crippen LogP contribution < -0.4 is 4.74 Å². The number of amides is 1. The molecule has 1 atom stereocenters. The highest BCUT2D eigenvalue weighted by molar-refractivity contribution is 7.12. The average molecular weight is 457 g/mol. The molecule has 1 aromatic heterocycles. The Kier molecular flexibility index (Phi) is 7.24. The summed E-state index contributed by atoms with van der Waals surface area (Å²) in [6.07, 6.45) is 0.876. The highest BCUT2D eigenvalue weighted by Gasteiger charge is 2.44. The summed E-state index contributed by atoms with van der Waals surface area (Å²) in [5.74, 6) is -0.609. The van der Waals surface area contributed by atoms with E-state index in [0.717, 1.165) is 25.1 Å². The Hall–Kier alpha value is -2.68. The molecule has 1 fully saturated rings. The van der Waals surface area contributed by atoms with E-state index >= 15 is 0 Å². The molecule has 0 unspecified atom stereocenters. The summed E-state index contributed by atoms with van der Waals surface area (Å²) < 4.78 is 11.2. The number of ketones is 1. The molecule has 1 saturated heterocycles. The van der Waals surface area contributed by atoms with E-state index in [1.165, 1.54) is 11.3 Å². The number of aliphatic hydroxyl groups excluding tert-OH is 1. The summed E-state index contributed by atoms with van der Waals surface area (Å²) in [5, 5.41) is 12.6. The van der Waals surface area contributed by atoms with Crippen LogP contribution in [0.3, 0.4) is 0 Å². The standard InChI is InChI=1S/C24H28N2O5S/c1-2-12-31-18-6-3-5-17(16-18)21-20(22(27)19-7-4-15-32-19)23(28)24(29)26(21)9-8-25-10-13-30-14-11-25/h3-7,15-16,21,28H,2,8-14H2,1H3/t21-/m0/s1. The molecule has 4 rings (SSSR count). The lowest BCUT2D eigenvalue weighted by Crippen LogP contribution is -2.43. The number of aliphatic hydroxyl groups is 1. The first-order valence-electron chi connectivity index (χ1n) is 10.9. The topological polar surface area (TPSA) is 79.3 Å². The van der Waals surface area contributed by atoms with E-state index < -0.39 is 17.7 Å². The van der Waals surface area contributed by atoms with E-state index in [0.29, 0.717) is 43.5 Å². The molecule has 0 saturated carbocycles. The van der Waals surface area contributed by atoms with Crippen molar-refractivity contribution in [1.29, 1.82) is 0 Å². The van der Waals surface area contributed by atoms with Crippen LogP contribution >= 0.6 is 11.3 Å². The molecule has 2 aromatic rings. The van der Waals surface area contributed by atoms with Crippen LogP contribution in [0.2, 0.25) is 0 Å². The zero-order chi connectivity index (χ0) is 22.5. The van der Waals surface area contributed by atoms with E-state index in [2.05, 4.69) is 4.90 Å². The molecular weight excluding hydrogens is 428 g/mol. The maximum absolute atomic E-state index is 13.3. The Balaban J connectivity index is 1.66. The van der Waals surface area contributed by atoms with Crippen molar-refractivity contribution in [2.24, 2.45) is 0 Å². The fourth-order valence-electron chi connectivity index (χ4n) is 4.07. The number of morpholine rings is 1. The Bertz CT molecular complexity index is 982. The minimum absolute atomic E-state index is 0.132. The van der Waals surface area contributed by atoms with Gasteiger partial charge in [-0.25, -0.2) is 0 Å². The van der Waals surface area contributed by atoms with E-state index in [1.807, 2.05) is 36.6 Å². The molecule has 32 heavy (non-hydrogen) atoms. The van der Waals surface area contributed by atoms with Gasteiger partial charge in [0.25, 0.3) is 5.91 Å². The fraction of sp³-hybridized carbons (Fsp3) is 0.417. The normalized spacial score (nSPS) is 19.6. The van der Waals surface area contributed by atoms with Crippen LogP contribution in [-0.2, 0) is 9.53 Å². The van der Waals surface area contributed by atoms with Gasteiger partial charge in [-0.3, -0.25) is 14.5 Å². The average Bonchev–Trinajstić information content (AvgIpc) is 3.44. The van der Waals surface area contributed by atoms with Crippen molar-refractivity contribution in [2.75, 3.05) is 46.0 Å². The van der Waals surface area contributed by atoms with Gasteiger partial charge in [-0.2, -0.15) is 0 Å². The van der Waals surface area contributed by atoms with E-state index in [9.17, 15) is 14.7 Å². The van der Waals surface area contributed by atoms with Crippen LogP contribution in [0, 0.1) is 0 Å². The first kappa shape index (κ1) is 22.5. The quantitative estimate of drug-likeness (QED) is 0.583. The maximum atomic E-state index is 13.3. The molecule has 1 aromatic carbocycles. The van der Waals surface area contributed by atoms with Gasteiger partial charge < -0.3 is 19.5 Å². The monoisotopic (exact) mass is 456 g/mol. The molecule has 3 heterocycles. The molecule has 1 N–H and O–H groups in total. The van der Waals surface area contributed by atoms with Gasteiger partial charge in [0, 0.05) is 26.2 Å². The Labute approximate surface area is 191 Å². The first-order valence-corrected chi connectivity index (χ1v) is 11.8. The lowest BCUT2D eigenvalue weighted by molar-refractivity contribution is -0.129. The van der Waals surface area contributed by atoms with Crippen LogP contribution in [0.25, 0.3) is 0 Å². The number of hydrogen-bond acceptors (Lipinski definition) is 7. The predicted octanol–water partition coefficient (Wildman–Crippen LogP) is 3.45. The van der Waals surface area contributed by atoms with Crippen LogP contribution in [0.15, 0.2) is 53.1 Å². The molecule has 0 aliphatic carbocycles. The molecule has 2 aliphatic heterocycles. The zero-order valence-electron chi connectivity index (χ0n) is 18.2. The molecule has 0 bridgehead atoms. The van der Waals surface area contributed by atoms with Crippen molar-refractivity contribution >= 4 is 23.0 Å². The maximum Gasteiger partial charge on any atom is 0.290 e. The van der Waals surface area contributed by atoms with Gasteiger partial charge in [0.1, 0.15) is 5.75 Å². The van der Waals surface area contributed by atoms with Crippen molar-refractivity contribution in [1.82, 2.24) is 9.80 Å². The Morgan fingerprint density at radius 1 is 1.22 bits per heavy atom. The molecule has 8 heteroatoms. The number of carbonyl (C=O) groups excluding carboxylic acids is 2. The van der Waals surface area contributed by atoms with Crippen molar-refractivity contribution in [3.05, 3.63) is 63.6 Å². The third kappa shape index (κ3) is 4.72.